The summed E-state index contributed by atoms with van der Waals surface area (Å²) in [7, 11) is 0. The van der Waals surface area contributed by atoms with Gasteiger partial charge in [-0.1, -0.05) is 24.6 Å². The minimum atomic E-state index is -0.392. The summed E-state index contributed by atoms with van der Waals surface area (Å²) in [5.74, 6) is 0.411. The monoisotopic (exact) mass is 358 g/mol. The SMILES string of the molecule is CCCNc1ncc(Cl)c(Nc2c(F)cccc2Br)n1. The first-order valence-electron chi connectivity index (χ1n) is 6.09. The molecule has 0 aliphatic carbocycles. The van der Waals surface area contributed by atoms with Gasteiger partial charge in [0.2, 0.25) is 5.95 Å². The van der Waals surface area contributed by atoms with Gasteiger partial charge in [0.1, 0.15) is 10.8 Å². The topological polar surface area (TPSA) is 49.8 Å². The predicted octanol–water partition coefficient (Wildman–Crippen LogP) is 4.60. The van der Waals surface area contributed by atoms with Crippen LogP contribution in [0.5, 0.6) is 0 Å². The van der Waals surface area contributed by atoms with Gasteiger partial charge in [-0.05, 0) is 34.5 Å². The minimum Gasteiger partial charge on any atom is -0.354 e. The van der Waals surface area contributed by atoms with Gasteiger partial charge < -0.3 is 10.6 Å². The summed E-state index contributed by atoms with van der Waals surface area (Å²) >= 11 is 9.32. The maximum atomic E-state index is 13.8. The Kier molecular flexibility index (Phi) is 5.14. The molecule has 1 heterocycles. The zero-order chi connectivity index (χ0) is 14.5. The van der Waals surface area contributed by atoms with Gasteiger partial charge in [-0.25, -0.2) is 9.37 Å². The molecule has 0 aliphatic rings. The fourth-order valence-electron chi connectivity index (χ4n) is 1.51. The van der Waals surface area contributed by atoms with Crippen LogP contribution in [0, 0.1) is 5.82 Å². The molecular weight excluding hydrogens is 347 g/mol. The fourth-order valence-corrected chi connectivity index (χ4v) is 2.09. The number of para-hydroxylation sites is 1. The zero-order valence-electron chi connectivity index (χ0n) is 10.8. The maximum Gasteiger partial charge on any atom is 0.224 e. The maximum absolute atomic E-state index is 13.8. The number of halogens is 3. The van der Waals surface area contributed by atoms with Crippen LogP contribution in [0.4, 0.5) is 21.8 Å². The lowest BCUT2D eigenvalue weighted by atomic mass is 10.3. The van der Waals surface area contributed by atoms with Crippen molar-refractivity contribution in [2.75, 3.05) is 17.2 Å². The van der Waals surface area contributed by atoms with E-state index in [1.807, 2.05) is 6.92 Å². The molecule has 0 amide bonds. The van der Waals surface area contributed by atoms with Gasteiger partial charge in [0.05, 0.1) is 11.9 Å². The van der Waals surface area contributed by atoms with E-state index in [9.17, 15) is 4.39 Å². The molecule has 0 saturated heterocycles. The average molecular weight is 360 g/mol. The number of hydrogen-bond donors (Lipinski definition) is 2. The Morgan fingerprint density at radius 3 is 2.90 bits per heavy atom. The Morgan fingerprint density at radius 2 is 2.20 bits per heavy atom. The van der Waals surface area contributed by atoms with Crippen molar-refractivity contribution in [2.24, 2.45) is 0 Å². The molecule has 0 saturated carbocycles. The van der Waals surface area contributed by atoms with Gasteiger partial charge in [-0.3, -0.25) is 0 Å². The molecule has 0 atom stereocenters. The third-order valence-corrected chi connectivity index (χ3v) is 3.42. The second-order valence-corrected chi connectivity index (χ2v) is 5.30. The molecule has 2 N–H and O–H groups in total. The Bertz CT molecular complexity index is 589. The zero-order valence-corrected chi connectivity index (χ0v) is 13.1. The summed E-state index contributed by atoms with van der Waals surface area (Å²) in [5, 5.41) is 6.25. The van der Waals surface area contributed by atoms with E-state index in [1.54, 1.807) is 12.1 Å². The average Bonchev–Trinajstić information content (AvgIpc) is 2.43. The number of hydrogen-bond acceptors (Lipinski definition) is 4. The van der Waals surface area contributed by atoms with Crippen molar-refractivity contribution in [2.45, 2.75) is 13.3 Å². The lowest BCUT2D eigenvalue weighted by Crippen LogP contribution is -2.06. The summed E-state index contributed by atoms with van der Waals surface area (Å²) in [6.07, 6.45) is 2.43. The quantitative estimate of drug-likeness (QED) is 0.819. The van der Waals surface area contributed by atoms with E-state index in [2.05, 4.69) is 36.5 Å². The van der Waals surface area contributed by atoms with E-state index < -0.39 is 5.82 Å². The van der Waals surface area contributed by atoms with Gasteiger partial charge in [-0.15, -0.1) is 0 Å². The summed E-state index contributed by atoms with van der Waals surface area (Å²) in [4.78, 5) is 8.30. The molecular formula is C13H13BrClFN4. The van der Waals surface area contributed by atoms with Crippen LogP contribution in [-0.4, -0.2) is 16.5 Å². The molecule has 0 bridgehead atoms. The van der Waals surface area contributed by atoms with Crippen molar-refractivity contribution < 1.29 is 4.39 Å². The van der Waals surface area contributed by atoms with Gasteiger partial charge in [-0.2, -0.15) is 4.98 Å². The van der Waals surface area contributed by atoms with Gasteiger partial charge in [0, 0.05) is 11.0 Å². The van der Waals surface area contributed by atoms with Crippen LogP contribution in [0.3, 0.4) is 0 Å². The molecule has 106 valence electrons. The molecule has 0 fully saturated rings. The molecule has 0 unspecified atom stereocenters. The summed E-state index contributed by atoms with van der Waals surface area (Å²) < 4.78 is 14.4. The number of nitrogens with zero attached hydrogens (tertiary/aromatic N) is 2. The lowest BCUT2D eigenvalue weighted by Gasteiger charge is -2.11. The molecule has 2 rings (SSSR count). The van der Waals surface area contributed by atoms with Crippen molar-refractivity contribution in [3.63, 3.8) is 0 Å². The molecule has 7 heteroatoms. The summed E-state index contributed by atoms with van der Waals surface area (Å²) in [5.41, 5.74) is 0.287. The number of benzene rings is 1. The number of aromatic nitrogens is 2. The van der Waals surface area contributed by atoms with Crippen molar-refractivity contribution in [3.8, 4) is 0 Å². The highest BCUT2D eigenvalue weighted by molar-refractivity contribution is 9.10. The molecule has 20 heavy (non-hydrogen) atoms. The molecule has 1 aromatic heterocycles. The highest BCUT2D eigenvalue weighted by atomic mass is 79.9. The van der Waals surface area contributed by atoms with Crippen molar-refractivity contribution in [3.05, 3.63) is 39.7 Å². The van der Waals surface area contributed by atoms with Crippen molar-refractivity contribution in [1.29, 1.82) is 0 Å². The van der Waals surface area contributed by atoms with E-state index in [1.165, 1.54) is 12.3 Å². The van der Waals surface area contributed by atoms with Crippen molar-refractivity contribution in [1.82, 2.24) is 9.97 Å². The van der Waals surface area contributed by atoms with E-state index >= 15 is 0 Å². The molecule has 2 aromatic rings. The molecule has 0 spiro atoms. The first-order valence-corrected chi connectivity index (χ1v) is 7.26. The minimum absolute atomic E-state index is 0.287. The van der Waals surface area contributed by atoms with Gasteiger partial charge >= 0.3 is 0 Å². The Hall–Kier alpha value is -1.40. The predicted molar refractivity (Wildman–Crippen MR) is 83.2 cm³/mol. The number of anilines is 3. The normalized spacial score (nSPS) is 10.4. The molecule has 0 radical (unpaired) electrons. The Balaban J connectivity index is 2.28. The van der Waals surface area contributed by atoms with E-state index in [0.717, 1.165) is 13.0 Å². The van der Waals surface area contributed by atoms with Crippen LogP contribution in [0.25, 0.3) is 0 Å². The van der Waals surface area contributed by atoms with E-state index in [-0.39, 0.29) is 5.69 Å². The highest BCUT2D eigenvalue weighted by Crippen LogP contribution is 2.30. The third-order valence-electron chi connectivity index (χ3n) is 2.48. The fraction of sp³-hybridized carbons (Fsp3) is 0.231. The van der Waals surface area contributed by atoms with Crippen LogP contribution >= 0.6 is 27.5 Å². The first kappa shape index (κ1) is 15.0. The standard InChI is InChI=1S/C13H13BrClFN4/c1-2-6-17-13-18-7-9(15)12(20-13)19-11-8(14)4-3-5-10(11)16/h3-5,7H,2,6H2,1H3,(H2,17,18,19,20). The van der Waals surface area contributed by atoms with Crippen molar-refractivity contribution >= 4 is 45.0 Å². The van der Waals surface area contributed by atoms with Gasteiger partial charge in [0.15, 0.2) is 5.82 Å². The molecule has 0 aliphatic heterocycles. The summed E-state index contributed by atoms with van der Waals surface area (Å²) in [6.45, 7) is 2.79. The van der Waals surface area contributed by atoms with Crippen LogP contribution in [0.15, 0.2) is 28.9 Å². The lowest BCUT2D eigenvalue weighted by molar-refractivity contribution is 0.631. The number of rotatable bonds is 5. The molecule has 4 nitrogen and oxygen atoms in total. The van der Waals surface area contributed by atoms with Crippen LogP contribution < -0.4 is 10.6 Å². The second kappa shape index (κ2) is 6.85. The van der Waals surface area contributed by atoms with Crippen LogP contribution in [-0.2, 0) is 0 Å². The Morgan fingerprint density at radius 1 is 1.40 bits per heavy atom. The largest absolute Gasteiger partial charge is 0.354 e. The van der Waals surface area contributed by atoms with Crippen LogP contribution in [0.2, 0.25) is 5.02 Å². The second-order valence-electron chi connectivity index (χ2n) is 4.04. The van der Waals surface area contributed by atoms with Crippen LogP contribution in [0.1, 0.15) is 13.3 Å². The highest BCUT2D eigenvalue weighted by Gasteiger charge is 2.11. The van der Waals surface area contributed by atoms with E-state index in [4.69, 9.17) is 11.6 Å². The van der Waals surface area contributed by atoms with E-state index in [0.29, 0.717) is 21.3 Å². The molecule has 1 aromatic carbocycles. The Labute approximate surface area is 129 Å². The number of nitrogens with one attached hydrogen (secondary N) is 2. The van der Waals surface area contributed by atoms with Gasteiger partial charge in [0.25, 0.3) is 0 Å². The third kappa shape index (κ3) is 3.58. The smallest absolute Gasteiger partial charge is 0.224 e. The first-order chi connectivity index (χ1) is 9.61. The summed E-state index contributed by atoms with van der Waals surface area (Å²) in [6, 6.07) is 4.70.